The minimum absolute atomic E-state index is 0.00779. The average Bonchev–Trinajstić information content (AvgIpc) is 2.38. The van der Waals surface area contributed by atoms with Crippen molar-refractivity contribution in [2.24, 2.45) is 11.3 Å². The molecule has 0 saturated heterocycles. The number of nitrogens with one attached hydrogen (secondary N) is 2. The predicted molar refractivity (Wildman–Crippen MR) is 85.9 cm³/mol. The molecule has 0 heterocycles. The van der Waals surface area contributed by atoms with Crippen LogP contribution in [0.25, 0.3) is 0 Å². The average molecular weight is 276 g/mol. The number of hydrogen-bond acceptors (Lipinski definition) is 2. The third-order valence-corrected chi connectivity index (χ3v) is 4.14. The summed E-state index contributed by atoms with van der Waals surface area (Å²) in [6, 6.07) is 7.65. The van der Waals surface area contributed by atoms with E-state index in [0.29, 0.717) is 5.92 Å². The maximum Gasteiger partial charge on any atom is 0.241 e. The molecule has 0 fully saturated rings. The van der Waals surface area contributed by atoms with Gasteiger partial charge in [-0.2, -0.15) is 0 Å². The molecular formula is C17H28N2O. The van der Waals surface area contributed by atoms with Crippen LogP contribution < -0.4 is 10.6 Å². The van der Waals surface area contributed by atoms with Crippen LogP contribution >= 0.6 is 0 Å². The van der Waals surface area contributed by atoms with Gasteiger partial charge in [0.1, 0.15) is 0 Å². The number of hydrogen-bond donors (Lipinski definition) is 2. The highest BCUT2D eigenvalue weighted by Crippen LogP contribution is 2.24. The zero-order chi connectivity index (χ0) is 15.3. The fourth-order valence-electron chi connectivity index (χ4n) is 1.60. The van der Waals surface area contributed by atoms with Crippen LogP contribution in [0.5, 0.6) is 0 Å². The molecule has 1 rings (SSSR count). The van der Waals surface area contributed by atoms with Crippen molar-refractivity contribution in [1.29, 1.82) is 0 Å². The van der Waals surface area contributed by atoms with Gasteiger partial charge in [-0.15, -0.1) is 0 Å². The molecule has 20 heavy (non-hydrogen) atoms. The number of carbonyl (C=O) groups is 1. The first-order valence-corrected chi connectivity index (χ1v) is 7.33. The minimum Gasteiger partial charge on any atom is -0.325 e. The molecule has 1 unspecified atom stereocenters. The lowest BCUT2D eigenvalue weighted by molar-refractivity contribution is -0.117. The van der Waals surface area contributed by atoms with Crippen LogP contribution in [0.3, 0.4) is 0 Å². The lowest BCUT2D eigenvalue weighted by Gasteiger charge is -2.30. The van der Waals surface area contributed by atoms with Gasteiger partial charge in [0.25, 0.3) is 0 Å². The summed E-state index contributed by atoms with van der Waals surface area (Å²) in [5, 5.41) is 6.26. The molecule has 0 spiro atoms. The monoisotopic (exact) mass is 276 g/mol. The van der Waals surface area contributed by atoms with Crippen LogP contribution in [0.1, 0.15) is 40.2 Å². The summed E-state index contributed by atoms with van der Waals surface area (Å²) in [4.78, 5) is 12.1. The zero-order valence-corrected chi connectivity index (χ0v) is 13.6. The number of aryl methyl sites for hydroxylation is 1. The van der Waals surface area contributed by atoms with Gasteiger partial charge in [-0.1, -0.05) is 45.4 Å². The lowest BCUT2D eigenvalue weighted by Crippen LogP contribution is -2.43. The molecule has 112 valence electrons. The molecule has 0 radical (unpaired) electrons. The second kappa shape index (κ2) is 6.89. The fraction of sp³-hybridized carbons (Fsp3) is 0.588. The van der Waals surface area contributed by atoms with Gasteiger partial charge in [-0.05, 0) is 37.3 Å². The first-order valence-electron chi connectivity index (χ1n) is 7.33. The minimum atomic E-state index is -0.200. The molecule has 1 aromatic rings. The van der Waals surface area contributed by atoms with Crippen molar-refractivity contribution in [3.63, 3.8) is 0 Å². The Labute approximate surface area is 123 Å². The Balaban J connectivity index is 2.49. The van der Waals surface area contributed by atoms with Gasteiger partial charge in [0.15, 0.2) is 0 Å². The molecular weight excluding hydrogens is 248 g/mol. The van der Waals surface area contributed by atoms with Crippen molar-refractivity contribution in [2.75, 3.05) is 11.9 Å². The molecule has 0 saturated carbocycles. The van der Waals surface area contributed by atoms with Crippen molar-refractivity contribution in [2.45, 2.75) is 47.6 Å². The molecule has 1 amide bonds. The number of carbonyl (C=O) groups excluding carboxylic acids is 1. The van der Waals surface area contributed by atoms with Crippen LogP contribution in [-0.2, 0) is 4.79 Å². The van der Waals surface area contributed by atoms with Gasteiger partial charge < -0.3 is 10.6 Å². The summed E-state index contributed by atoms with van der Waals surface area (Å²) in [6.07, 6.45) is 0. The molecule has 0 bridgehead atoms. The van der Waals surface area contributed by atoms with E-state index in [9.17, 15) is 4.79 Å². The Kier molecular flexibility index (Phi) is 5.75. The lowest BCUT2D eigenvalue weighted by atomic mass is 9.81. The second-order valence-electron chi connectivity index (χ2n) is 6.60. The molecule has 0 aliphatic rings. The summed E-state index contributed by atoms with van der Waals surface area (Å²) in [6.45, 7) is 13.6. The maximum absolute atomic E-state index is 12.1. The number of rotatable bonds is 6. The molecule has 3 nitrogen and oxygen atoms in total. The number of benzene rings is 1. The van der Waals surface area contributed by atoms with E-state index in [1.165, 1.54) is 5.56 Å². The van der Waals surface area contributed by atoms with Gasteiger partial charge in [-0.25, -0.2) is 0 Å². The summed E-state index contributed by atoms with van der Waals surface area (Å²) >= 11 is 0. The largest absolute Gasteiger partial charge is 0.325 e. The summed E-state index contributed by atoms with van der Waals surface area (Å²) in [5.41, 5.74) is 2.21. The highest BCUT2D eigenvalue weighted by Gasteiger charge is 2.24. The zero-order valence-electron chi connectivity index (χ0n) is 13.6. The molecule has 0 aliphatic carbocycles. The summed E-state index contributed by atoms with van der Waals surface area (Å²) in [5.74, 6) is 0.579. The van der Waals surface area contributed by atoms with Crippen LogP contribution in [-0.4, -0.2) is 18.5 Å². The molecule has 2 N–H and O–H groups in total. The topological polar surface area (TPSA) is 41.1 Å². The summed E-state index contributed by atoms with van der Waals surface area (Å²) in [7, 11) is 0. The van der Waals surface area contributed by atoms with Gasteiger partial charge in [0, 0.05) is 12.2 Å². The van der Waals surface area contributed by atoms with Crippen LogP contribution in [0.2, 0.25) is 0 Å². The van der Waals surface area contributed by atoms with E-state index in [4.69, 9.17) is 0 Å². The highest BCUT2D eigenvalue weighted by molar-refractivity contribution is 5.94. The van der Waals surface area contributed by atoms with E-state index in [2.05, 4.69) is 38.3 Å². The van der Waals surface area contributed by atoms with Crippen LogP contribution in [0.4, 0.5) is 5.69 Å². The van der Waals surface area contributed by atoms with Crippen molar-refractivity contribution in [1.82, 2.24) is 5.32 Å². The fourth-order valence-corrected chi connectivity index (χ4v) is 1.60. The quantitative estimate of drug-likeness (QED) is 0.833. The van der Waals surface area contributed by atoms with Gasteiger partial charge in [0.05, 0.1) is 6.04 Å². The highest BCUT2D eigenvalue weighted by atomic mass is 16.2. The van der Waals surface area contributed by atoms with Gasteiger partial charge in [0.2, 0.25) is 5.91 Å². The Bertz CT molecular complexity index is 435. The number of amides is 1. The number of anilines is 1. The SMILES string of the molecule is Cc1ccc(NC(=O)C(C)NCC(C)(C)C(C)C)cc1. The molecule has 1 atom stereocenters. The van der Waals surface area contributed by atoms with Crippen LogP contribution in [0, 0.1) is 18.3 Å². The second-order valence-corrected chi connectivity index (χ2v) is 6.60. The van der Waals surface area contributed by atoms with E-state index in [1.54, 1.807) is 0 Å². The first-order chi connectivity index (χ1) is 9.22. The van der Waals surface area contributed by atoms with E-state index >= 15 is 0 Å². The van der Waals surface area contributed by atoms with E-state index in [1.807, 2.05) is 38.1 Å². The van der Waals surface area contributed by atoms with E-state index in [-0.39, 0.29) is 17.4 Å². The van der Waals surface area contributed by atoms with Gasteiger partial charge in [-0.3, -0.25) is 4.79 Å². The molecule has 0 aromatic heterocycles. The normalized spacial score (nSPS) is 13.3. The maximum atomic E-state index is 12.1. The van der Waals surface area contributed by atoms with Crippen molar-refractivity contribution in [3.8, 4) is 0 Å². The van der Waals surface area contributed by atoms with Gasteiger partial charge >= 0.3 is 0 Å². The smallest absolute Gasteiger partial charge is 0.241 e. The molecule has 1 aromatic carbocycles. The third-order valence-electron chi connectivity index (χ3n) is 4.14. The third kappa shape index (κ3) is 4.97. The van der Waals surface area contributed by atoms with E-state index in [0.717, 1.165) is 12.2 Å². The Morgan fingerprint density at radius 1 is 1.15 bits per heavy atom. The Morgan fingerprint density at radius 2 is 1.70 bits per heavy atom. The van der Waals surface area contributed by atoms with Crippen molar-refractivity contribution in [3.05, 3.63) is 29.8 Å². The van der Waals surface area contributed by atoms with Crippen molar-refractivity contribution >= 4 is 11.6 Å². The Morgan fingerprint density at radius 3 is 2.20 bits per heavy atom. The van der Waals surface area contributed by atoms with E-state index < -0.39 is 0 Å². The predicted octanol–water partition coefficient (Wildman–Crippen LogP) is 3.59. The first kappa shape index (κ1) is 16.7. The Hall–Kier alpha value is -1.35. The van der Waals surface area contributed by atoms with Crippen LogP contribution in [0.15, 0.2) is 24.3 Å². The molecule has 0 aliphatic heterocycles. The standard InChI is InChI=1S/C17H28N2O/c1-12(2)17(5,6)11-18-14(4)16(20)19-15-9-7-13(3)8-10-15/h7-10,12,14,18H,11H2,1-6H3,(H,19,20). The summed E-state index contributed by atoms with van der Waals surface area (Å²) < 4.78 is 0. The van der Waals surface area contributed by atoms with Crippen molar-refractivity contribution < 1.29 is 4.79 Å². The molecule has 3 heteroatoms.